The number of hydrogen-bond acceptors (Lipinski definition) is 3. The van der Waals surface area contributed by atoms with Gasteiger partial charge in [-0.1, -0.05) is 27.7 Å². The van der Waals surface area contributed by atoms with Gasteiger partial charge in [-0.2, -0.15) is 0 Å². The fourth-order valence-electron chi connectivity index (χ4n) is 1.28. The Morgan fingerprint density at radius 1 is 1.33 bits per heavy atom. The van der Waals surface area contributed by atoms with Gasteiger partial charge in [0.2, 0.25) is 0 Å². The maximum absolute atomic E-state index is 4.58. The first-order chi connectivity index (χ1) is 7.09. The van der Waals surface area contributed by atoms with Crippen LogP contribution in [0.25, 0.3) is 0 Å². The summed E-state index contributed by atoms with van der Waals surface area (Å²) < 4.78 is 0. The molecule has 0 fully saturated rings. The molecular weight excluding hydrogens is 204 g/mol. The molecule has 0 aliphatic carbocycles. The number of nitrogens with zero attached hydrogens (tertiary/aromatic N) is 1. The highest BCUT2D eigenvalue weighted by atomic mass is 32.1. The summed E-state index contributed by atoms with van der Waals surface area (Å²) in [6, 6.07) is 0. The van der Waals surface area contributed by atoms with Gasteiger partial charge in [0, 0.05) is 17.8 Å². The standard InChI is InChI=1S/C12H22N2S/c1-9(2)5-6-13-7-11-8-15-12(14-11)10(3)4/h8-10,13H,5-7H2,1-4H3. The van der Waals surface area contributed by atoms with Crippen molar-refractivity contribution in [1.82, 2.24) is 10.3 Å². The van der Waals surface area contributed by atoms with Crippen LogP contribution in [-0.2, 0) is 6.54 Å². The minimum atomic E-state index is 0.555. The molecule has 1 rings (SSSR count). The van der Waals surface area contributed by atoms with Crippen LogP contribution in [0.15, 0.2) is 5.38 Å². The molecule has 0 saturated heterocycles. The molecular formula is C12H22N2S. The Kier molecular flexibility index (Phi) is 5.26. The van der Waals surface area contributed by atoms with Crippen LogP contribution in [0.1, 0.15) is 50.7 Å². The van der Waals surface area contributed by atoms with Crippen molar-refractivity contribution in [3.8, 4) is 0 Å². The van der Waals surface area contributed by atoms with Crippen LogP contribution in [0.2, 0.25) is 0 Å². The van der Waals surface area contributed by atoms with E-state index in [1.807, 2.05) is 0 Å². The van der Waals surface area contributed by atoms with Crippen molar-refractivity contribution in [2.24, 2.45) is 5.92 Å². The van der Waals surface area contributed by atoms with Crippen LogP contribution < -0.4 is 5.32 Å². The third kappa shape index (κ3) is 4.76. The van der Waals surface area contributed by atoms with Crippen molar-refractivity contribution in [2.45, 2.75) is 46.6 Å². The molecule has 0 bridgehead atoms. The SMILES string of the molecule is CC(C)CCNCc1csc(C(C)C)n1. The molecule has 0 radical (unpaired) electrons. The predicted octanol–water partition coefficient (Wildman–Crippen LogP) is 3.40. The topological polar surface area (TPSA) is 24.9 Å². The third-order valence-electron chi connectivity index (χ3n) is 2.27. The van der Waals surface area contributed by atoms with E-state index in [4.69, 9.17) is 0 Å². The maximum atomic E-state index is 4.58. The fourth-order valence-corrected chi connectivity index (χ4v) is 2.11. The number of nitrogens with one attached hydrogen (secondary N) is 1. The molecule has 0 aromatic carbocycles. The average Bonchev–Trinajstić information content (AvgIpc) is 2.60. The van der Waals surface area contributed by atoms with Gasteiger partial charge in [-0.3, -0.25) is 0 Å². The predicted molar refractivity (Wildman–Crippen MR) is 67.4 cm³/mol. The summed E-state index contributed by atoms with van der Waals surface area (Å²) in [5.41, 5.74) is 1.19. The molecule has 1 N–H and O–H groups in total. The summed E-state index contributed by atoms with van der Waals surface area (Å²) in [4.78, 5) is 4.58. The van der Waals surface area contributed by atoms with Gasteiger partial charge >= 0.3 is 0 Å². The van der Waals surface area contributed by atoms with E-state index < -0.39 is 0 Å². The highest BCUT2D eigenvalue weighted by molar-refractivity contribution is 7.09. The van der Waals surface area contributed by atoms with Crippen LogP contribution in [0.4, 0.5) is 0 Å². The lowest BCUT2D eigenvalue weighted by atomic mass is 10.1. The van der Waals surface area contributed by atoms with Gasteiger partial charge in [-0.05, 0) is 18.9 Å². The number of thiazole rings is 1. The van der Waals surface area contributed by atoms with Crippen LogP contribution in [0.5, 0.6) is 0 Å². The molecule has 1 aromatic rings. The summed E-state index contributed by atoms with van der Waals surface area (Å²) in [7, 11) is 0. The molecule has 0 saturated carbocycles. The normalized spacial score (nSPS) is 11.6. The van der Waals surface area contributed by atoms with Gasteiger partial charge in [0.1, 0.15) is 0 Å². The Balaban J connectivity index is 2.26. The monoisotopic (exact) mass is 226 g/mol. The second-order valence-corrected chi connectivity index (χ2v) is 5.58. The fraction of sp³-hybridized carbons (Fsp3) is 0.750. The lowest BCUT2D eigenvalue weighted by molar-refractivity contribution is 0.535. The van der Waals surface area contributed by atoms with Crippen LogP contribution in [0.3, 0.4) is 0 Å². The Hall–Kier alpha value is -0.410. The lowest BCUT2D eigenvalue weighted by Gasteiger charge is -2.05. The summed E-state index contributed by atoms with van der Waals surface area (Å²) in [5, 5.41) is 6.84. The zero-order chi connectivity index (χ0) is 11.3. The Bertz CT molecular complexity index is 279. The van der Waals surface area contributed by atoms with E-state index in [1.165, 1.54) is 17.1 Å². The molecule has 0 unspecified atom stereocenters. The first-order valence-corrected chi connectivity index (χ1v) is 6.62. The molecule has 0 atom stereocenters. The highest BCUT2D eigenvalue weighted by Gasteiger charge is 2.05. The van der Waals surface area contributed by atoms with Crippen molar-refractivity contribution in [2.75, 3.05) is 6.54 Å². The first-order valence-electron chi connectivity index (χ1n) is 5.74. The number of aromatic nitrogens is 1. The minimum Gasteiger partial charge on any atom is -0.311 e. The van der Waals surface area contributed by atoms with Gasteiger partial charge in [-0.15, -0.1) is 11.3 Å². The van der Waals surface area contributed by atoms with Crippen molar-refractivity contribution < 1.29 is 0 Å². The van der Waals surface area contributed by atoms with Crippen LogP contribution >= 0.6 is 11.3 Å². The largest absolute Gasteiger partial charge is 0.311 e. The third-order valence-corrected chi connectivity index (χ3v) is 3.46. The van der Waals surface area contributed by atoms with Crippen LogP contribution in [0, 0.1) is 5.92 Å². The lowest BCUT2D eigenvalue weighted by Crippen LogP contribution is -2.16. The van der Waals surface area contributed by atoms with E-state index in [9.17, 15) is 0 Å². The van der Waals surface area contributed by atoms with Gasteiger partial charge in [0.25, 0.3) is 0 Å². The van der Waals surface area contributed by atoms with Crippen molar-refractivity contribution in [3.05, 3.63) is 16.1 Å². The molecule has 1 heterocycles. The van der Waals surface area contributed by atoms with Gasteiger partial charge in [-0.25, -0.2) is 4.98 Å². The van der Waals surface area contributed by atoms with Crippen molar-refractivity contribution >= 4 is 11.3 Å². The summed E-state index contributed by atoms with van der Waals surface area (Å²) >= 11 is 1.77. The van der Waals surface area contributed by atoms with Gasteiger partial charge in [0.05, 0.1) is 10.7 Å². The summed E-state index contributed by atoms with van der Waals surface area (Å²) in [6.45, 7) is 10.9. The molecule has 0 aliphatic heterocycles. The molecule has 15 heavy (non-hydrogen) atoms. The second kappa shape index (κ2) is 6.23. The zero-order valence-corrected chi connectivity index (χ0v) is 11.0. The van der Waals surface area contributed by atoms with E-state index in [1.54, 1.807) is 11.3 Å². The molecule has 3 heteroatoms. The summed E-state index contributed by atoms with van der Waals surface area (Å²) in [5.74, 6) is 1.33. The van der Waals surface area contributed by atoms with Crippen molar-refractivity contribution in [3.63, 3.8) is 0 Å². The molecule has 2 nitrogen and oxygen atoms in total. The van der Waals surface area contributed by atoms with E-state index >= 15 is 0 Å². The molecule has 0 aliphatic rings. The van der Waals surface area contributed by atoms with Gasteiger partial charge in [0.15, 0.2) is 0 Å². The molecule has 0 amide bonds. The minimum absolute atomic E-state index is 0.555. The van der Waals surface area contributed by atoms with E-state index in [0.29, 0.717) is 5.92 Å². The van der Waals surface area contributed by atoms with E-state index in [0.717, 1.165) is 19.0 Å². The molecule has 1 aromatic heterocycles. The quantitative estimate of drug-likeness (QED) is 0.752. The van der Waals surface area contributed by atoms with Crippen molar-refractivity contribution in [1.29, 1.82) is 0 Å². The highest BCUT2D eigenvalue weighted by Crippen LogP contribution is 2.18. The maximum Gasteiger partial charge on any atom is 0.0954 e. The van der Waals surface area contributed by atoms with E-state index in [-0.39, 0.29) is 0 Å². The molecule has 0 spiro atoms. The first kappa shape index (κ1) is 12.7. The molecule has 86 valence electrons. The smallest absolute Gasteiger partial charge is 0.0954 e. The Morgan fingerprint density at radius 2 is 2.07 bits per heavy atom. The average molecular weight is 226 g/mol. The van der Waals surface area contributed by atoms with Crippen LogP contribution in [-0.4, -0.2) is 11.5 Å². The van der Waals surface area contributed by atoms with E-state index in [2.05, 4.69) is 43.4 Å². The van der Waals surface area contributed by atoms with Gasteiger partial charge < -0.3 is 5.32 Å². The Labute approximate surface area is 97.1 Å². The number of hydrogen-bond donors (Lipinski definition) is 1. The number of rotatable bonds is 6. The Morgan fingerprint density at radius 3 is 2.60 bits per heavy atom. The zero-order valence-electron chi connectivity index (χ0n) is 10.2. The summed E-state index contributed by atoms with van der Waals surface area (Å²) in [6.07, 6.45) is 1.24. The second-order valence-electron chi connectivity index (χ2n) is 4.69.